The third-order valence-electron chi connectivity index (χ3n) is 5.14. The number of nitrogens with one attached hydrogen (secondary N) is 2. The molecule has 150 valence electrons. The molecule has 0 saturated carbocycles. The van der Waals surface area contributed by atoms with Crippen molar-refractivity contribution in [1.82, 2.24) is 20.2 Å². The fraction of sp³-hybridized carbons (Fsp3) is 0.300. The van der Waals surface area contributed by atoms with Gasteiger partial charge in [0.1, 0.15) is 22.3 Å². The van der Waals surface area contributed by atoms with Crippen molar-refractivity contribution in [2.24, 2.45) is 0 Å². The van der Waals surface area contributed by atoms with Crippen LogP contribution in [0.3, 0.4) is 0 Å². The lowest BCUT2D eigenvalue weighted by Crippen LogP contribution is -2.29. The number of hydrogen-bond donors (Lipinski definition) is 4. The number of fused-ring (bicyclic) bond motifs is 2. The SMILES string of the molecule is O=C(O)c1ccc(=O)c2nc3c(=CNCCN4CCCC4)c(O)cc(=O)c3[nH]c12. The molecule has 9 nitrogen and oxygen atoms in total. The number of benzene rings is 2. The van der Waals surface area contributed by atoms with Gasteiger partial charge in [0.05, 0.1) is 16.3 Å². The largest absolute Gasteiger partial charge is 0.507 e. The van der Waals surface area contributed by atoms with Crippen LogP contribution >= 0.6 is 0 Å². The summed E-state index contributed by atoms with van der Waals surface area (Å²) in [5.41, 5.74) is -1.18. The summed E-state index contributed by atoms with van der Waals surface area (Å²) in [4.78, 5) is 45.4. The number of carboxylic acid groups (broad SMARTS) is 1. The van der Waals surface area contributed by atoms with Crippen molar-refractivity contribution in [2.75, 3.05) is 26.2 Å². The highest BCUT2D eigenvalue weighted by atomic mass is 16.4. The van der Waals surface area contributed by atoms with E-state index in [1.54, 1.807) is 6.20 Å². The number of phenolic OH excluding ortho intramolecular Hbond substituents is 1. The second-order valence-corrected chi connectivity index (χ2v) is 7.06. The third-order valence-corrected chi connectivity index (χ3v) is 5.14. The molecule has 1 aliphatic rings. The molecule has 0 unspecified atom stereocenters. The lowest BCUT2D eigenvalue weighted by atomic mass is 10.1. The Morgan fingerprint density at radius 2 is 1.93 bits per heavy atom. The first-order valence-electron chi connectivity index (χ1n) is 9.37. The van der Waals surface area contributed by atoms with E-state index in [0.717, 1.165) is 31.8 Å². The Morgan fingerprint density at radius 3 is 2.66 bits per heavy atom. The standard InChI is InChI=1S/C20H20N4O5/c25-13-4-3-11(20(28)29)16-18(13)23-17-12(14(26)9-15(27)19(17)22-16)10-21-5-8-24-6-1-2-7-24/h3-4,9-10,21-22,26H,1-2,5-8H2,(H,28,29). The van der Waals surface area contributed by atoms with Gasteiger partial charge in [-0.05, 0) is 38.1 Å². The van der Waals surface area contributed by atoms with Gasteiger partial charge in [0.25, 0.3) is 0 Å². The molecule has 1 aliphatic heterocycles. The van der Waals surface area contributed by atoms with Gasteiger partial charge in [0.15, 0.2) is 0 Å². The Kier molecular flexibility index (Phi) is 4.89. The second-order valence-electron chi connectivity index (χ2n) is 7.06. The number of carboxylic acids is 1. The Bertz CT molecular complexity index is 1280. The lowest BCUT2D eigenvalue weighted by Gasteiger charge is -2.13. The van der Waals surface area contributed by atoms with Gasteiger partial charge >= 0.3 is 5.97 Å². The minimum atomic E-state index is -1.24. The molecular formula is C20H20N4O5. The maximum atomic E-state index is 12.4. The molecular weight excluding hydrogens is 376 g/mol. The van der Waals surface area contributed by atoms with Crippen molar-refractivity contribution in [1.29, 1.82) is 0 Å². The zero-order chi connectivity index (χ0) is 20.5. The molecule has 2 aromatic carbocycles. The molecule has 9 heteroatoms. The van der Waals surface area contributed by atoms with Gasteiger partial charge in [-0.25, -0.2) is 9.78 Å². The van der Waals surface area contributed by atoms with Crippen molar-refractivity contribution in [3.8, 4) is 5.75 Å². The van der Waals surface area contributed by atoms with E-state index >= 15 is 0 Å². The zero-order valence-corrected chi connectivity index (χ0v) is 15.6. The Balaban J connectivity index is 1.84. The van der Waals surface area contributed by atoms with E-state index in [1.165, 1.54) is 18.9 Å². The van der Waals surface area contributed by atoms with Crippen molar-refractivity contribution < 1.29 is 15.0 Å². The van der Waals surface area contributed by atoms with E-state index in [0.29, 0.717) is 6.54 Å². The summed E-state index contributed by atoms with van der Waals surface area (Å²) in [5, 5.41) is 23.0. The molecule has 2 heterocycles. The Labute approximate surface area is 164 Å². The van der Waals surface area contributed by atoms with E-state index in [4.69, 9.17) is 0 Å². The number of hydrogen-bond acceptors (Lipinski definition) is 7. The number of aromatic hydroxyl groups is 1. The third kappa shape index (κ3) is 3.52. The van der Waals surface area contributed by atoms with E-state index in [-0.39, 0.29) is 38.6 Å². The van der Waals surface area contributed by atoms with Crippen LogP contribution in [0.5, 0.6) is 5.75 Å². The average molecular weight is 396 g/mol. The van der Waals surface area contributed by atoms with Crippen LogP contribution in [0.1, 0.15) is 23.2 Å². The predicted octanol–water partition coefficient (Wildman–Crippen LogP) is -0.0174. The highest BCUT2D eigenvalue weighted by molar-refractivity contribution is 6.02. The lowest BCUT2D eigenvalue weighted by molar-refractivity contribution is 0.0699. The first kappa shape index (κ1) is 18.9. The first-order chi connectivity index (χ1) is 14.0. The molecule has 0 radical (unpaired) electrons. The monoisotopic (exact) mass is 396 g/mol. The van der Waals surface area contributed by atoms with E-state index in [2.05, 4.69) is 20.2 Å². The van der Waals surface area contributed by atoms with Gasteiger partial charge in [0, 0.05) is 25.4 Å². The number of rotatable bonds is 5. The molecule has 29 heavy (non-hydrogen) atoms. The fourth-order valence-electron chi connectivity index (χ4n) is 3.65. The summed E-state index contributed by atoms with van der Waals surface area (Å²) in [7, 11) is 0. The van der Waals surface area contributed by atoms with Crippen LogP contribution in [0.15, 0.2) is 27.8 Å². The Morgan fingerprint density at radius 1 is 1.17 bits per heavy atom. The van der Waals surface area contributed by atoms with Gasteiger partial charge in [-0.2, -0.15) is 0 Å². The molecule has 4 N–H and O–H groups in total. The molecule has 4 rings (SSSR count). The molecule has 1 aromatic heterocycles. The van der Waals surface area contributed by atoms with Crippen LogP contribution < -0.4 is 21.4 Å². The summed E-state index contributed by atoms with van der Waals surface area (Å²) in [6, 6.07) is 3.34. The van der Waals surface area contributed by atoms with E-state index < -0.39 is 16.8 Å². The normalized spacial score (nSPS) is 15.4. The van der Waals surface area contributed by atoms with Crippen molar-refractivity contribution in [3.05, 3.63) is 49.4 Å². The number of phenols is 1. The van der Waals surface area contributed by atoms with Gasteiger partial charge in [0.2, 0.25) is 10.9 Å². The van der Waals surface area contributed by atoms with Gasteiger partial charge < -0.3 is 25.4 Å². The number of nitrogens with zero attached hydrogens (tertiary/aromatic N) is 2. The first-order valence-corrected chi connectivity index (χ1v) is 9.37. The molecule has 1 saturated heterocycles. The maximum absolute atomic E-state index is 12.4. The molecule has 1 fully saturated rings. The summed E-state index contributed by atoms with van der Waals surface area (Å²) in [5.74, 6) is -1.51. The summed E-state index contributed by atoms with van der Waals surface area (Å²) in [6.07, 6.45) is 3.96. The van der Waals surface area contributed by atoms with Gasteiger partial charge in [-0.1, -0.05) is 0 Å². The van der Waals surface area contributed by atoms with Crippen LogP contribution in [-0.2, 0) is 0 Å². The van der Waals surface area contributed by atoms with Crippen LogP contribution in [0, 0.1) is 0 Å². The molecule has 0 aliphatic carbocycles. The number of aromatic amines is 1. The number of likely N-dealkylation sites (tertiary alicyclic amines) is 1. The summed E-state index contributed by atoms with van der Waals surface area (Å²) < 4.78 is 0. The topological polar surface area (TPSA) is 136 Å². The maximum Gasteiger partial charge on any atom is 0.337 e. The molecule has 0 spiro atoms. The van der Waals surface area contributed by atoms with Gasteiger partial charge in [-0.15, -0.1) is 0 Å². The zero-order valence-electron chi connectivity index (χ0n) is 15.6. The van der Waals surface area contributed by atoms with Crippen molar-refractivity contribution in [2.45, 2.75) is 12.8 Å². The fourth-order valence-corrected chi connectivity index (χ4v) is 3.65. The van der Waals surface area contributed by atoms with Crippen LogP contribution in [-0.4, -0.2) is 57.2 Å². The van der Waals surface area contributed by atoms with Crippen LogP contribution in [0.25, 0.3) is 28.3 Å². The number of H-pyrrole nitrogens is 1. The minimum Gasteiger partial charge on any atom is -0.507 e. The Hall–Kier alpha value is -3.46. The van der Waals surface area contributed by atoms with E-state index in [1.807, 2.05) is 0 Å². The van der Waals surface area contributed by atoms with Crippen LogP contribution in [0.2, 0.25) is 0 Å². The molecule has 0 atom stereocenters. The second kappa shape index (κ2) is 7.51. The molecule has 0 bridgehead atoms. The summed E-state index contributed by atoms with van der Waals surface area (Å²) >= 11 is 0. The quantitative estimate of drug-likeness (QED) is 0.349. The number of aromatic nitrogens is 2. The molecule has 3 aromatic rings. The minimum absolute atomic E-state index is 0.0202. The van der Waals surface area contributed by atoms with E-state index in [9.17, 15) is 24.6 Å². The van der Waals surface area contributed by atoms with Gasteiger partial charge in [-0.3, -0.25) is 9.59 Å². The van der Waals surface area contributed by atoms with Crippen molar-refractivity contribution >= 4 is 34.2 Å². The van der Waals surface area contributed by atoms with Crippen molar-refractivity contribution in [3.63, 3.8) is 0 Å². The smallest absolute Gasteiger partial charge is 0.337 e. The predicted molar refractivity (Wildman–Crippen MR) is 108 cm³/mol. The average Bonchev–Trinajstić information content (AvgIpc) is 3.20. The number of carbonyl (C=O) groups is 1. The highest BCUT2D eigenvalue weighted by Gasteiger charge is 2.16. The highest BCUT2D eigenvalue weighted by Crippen LogP contribution is 2.15. The molecule has 0 amide bonds. The summed E-state index contributed by atoms with van der Waals surface area (Å²) in [6.45, 7) is 3.64. The van der Waals surface area contributed by atoms with Crippen LogP contribution in [0.4, 0.5) is 0 Å². The number of aromatic carboxylic acids is 1.